The first-order valence-electron chi connectivity index (χ1n) is 4.98. The molecule has 1 amide bonds. The number of ether oxygens (including phenoxy) is 1. The van der Waals surface area contributed by atoms with Crippen LogP contribution in [0.3, 0.4) is 0 Å². The molecule has 16 heavy (non-hydrogen) atoms. The van der Waals surface area contributed by atoms with Crippen LogP contribution < -0.4 is 11.1 Å². The summed E-state index contributed by atoms with van der Waals surface area (Å²) in [7, 11) is 0. The van der Waals surface area contributed by atoms with Gasteiger partial charge in [0.2, 0.25) is 0 Å². The van der Waals surface area contributed by atoms with Crippen molar-refractivity contribution in [3.8, 4) is 0 Å². The molecule has 0 spiro atoms. The van der Waals surface area contributed by atoms with Gasteiger partial charge in [-0.05, 0) is 12.8 Å². The lowest BCUT2D eigenvalue weighted by Gasteiger charge is -2.25. The van der Waals surface area contributed by atoms with Gasteiger partial charge in [-0.15, -0.1) is 0 Å². The van der Waals surface area contributed by atoms with Crippen LogP contribution >= 0.6 is 0 Å². The van der Waals surface area contributed by atoms with Crippen LogP contribution in [-0.4, -0.2) is 31.0 Å². The van der Waals surface area contributed by atoms with Crippen LogP contribution in [0.2, 0.25) is 0 Å². The molecular formula is C9H17F3N2O2. The second-order valence-electron chi connectivity index (χ2n) is 3.61. The molecule has 0 atom stereocenters. The summed E-state index contributed by atoms with van der Waals surface area (Å²) in [6.45, 7) is 2.15. The minimum Gasteiger partial charge on any atom is -0.448 e. The van der Waals surface area contributed by atoms with Crippen molar-refractivity contribution in [2.24, 2.45) is 5.73 Å². The Labute approximate surface area is 92.3 Å². The summed E-state index contributed by atoms with van der Waals surface area (Å²) >= 11 is 0. The molecule has 0 fully saturated rings. The number of alkyl halides is 3. The Balaban J connectivity index is 3.90. The molecule has 0 saturated heterocycles. The molecule has 4 nitrogen and oxygen atoms in total. The largest absolute Gasteiger partial charge is 0.448 e. The molecule has 0 aliphatic heterocycles. The van der Waals surface area contributed by atoms with E-state index in [1.807, 2.05) is 13.8 Å². The zero-order chi connectivity index (χ0) is 12.8. The third-order valence-corrected chi connectivity index (χ3v) is 2.33. The van der Waals surface area contributed by atoms with Crippen LogP contribution in [0.4, 0.5) is 18.0 Å². The summed E-state index contributed by atoms with van der Waals surface area (Å²) in [5, 5.41) is 1.60. The second kappa shape index (κ2) is 5.93. The smallest absolute Gasteiger partial charge is 0.407 e. The summed E-state index contributed by atoms with van der Waals surface area (Å²) in [5.74, 6) is 0. The average Bonchev–Trinajstić information content (AvgIpc) is 2.22. The molecule has 3 N–H and O–H groups in total. The van der Waals surface area contributed by atoms with Gasteiger partial charge >= 0.3 is 12.3 Å². The molecule has 0 heterocycles. The Morgan fingerprint density at radius 2 is 1.81 bits per heavy atom. The number of halogens is 3. The average molecular weight is 242 g/mol. The Bertz CT molecular complexity index is 227. The minimum absolute atomic E-state index is 0.0936. The van der Waals surface area contributed by atoms with Crippen molar-refractivity contribution < 1.29 is 22.7 Å². The molecule has 0 aliphatic carbocycles. The maximum Gasteiger partial charge on any atom is 0.407 e. The summed E-state index contributed by atoms with van der Waals surface area (Å²) in [6.07, 6.45) is -4.38. The highest BCUT2D eigenvalue weighted by Gasteiger charge is 2.29. The monoisotopic (exact) mass is 242 g/mol. The molecule has 0 aliphatic rings. The maximum absolute atomic E-state index is 11.7. The van der Waals surface area contributed by atoms with Crippen molar-refractivity contribution in [2.75, 3.05) is 13.2 Å². The van der Waals surface area contributed by atoms with E-state index in [1.54, 1.807) is 5.32 Å². The number of hydrogen-bond acceptors (Lipinski definition) is 3. The number of hydrogen-bond donors (Lipinski definition) is 2. The van der Waals surface area contributed by atoms with Gasteiger partial charge in [0.15, 0.2) is 0 Å². The second-order valence-corrected chi connectivity index (χ2v) is 3.61. The first-order chi connectivity index (χ1) is 7.22. The number of rotatable bonds is 5. The van der Waals surface area contributed by atoms with E-state index in [2.05, 4.69) is 4.74 Å². The molecule has 0 bridgehead atoms. The van der Waals surface area contributed by atoms with Gasteiger partial charge in [0.1, 0.15) is 13.2 Å². The van der Waals surface area contributed by atoms with Crippen LogP contribution in [0.1, 0.15) is 26.7 Å². The molecule has 0 aromatic carbocycles. The normalized spacial score (nSPS) is 12.4. The highest BCUT2D eigenvalue weighted by molar-refractivity contribution is 5.67. The third-order valence-electron chi connectivity index (χ3n) is 2.33. The van der Waals surface area contributed by atoms with Crippen LogP contribution in [0.15, 0.2) is 0 Å². The van der Waals surface area contributed by atoms with Crippen molar-refractivity contribution in [1.82, 2.24) is 5.32 Å². The van der Waals surface area contributed by atoms with Crippen molar-refractivity contribution >= 4 is 6.09 Å². The highest BCUT2D eigenvalue weighted by Crippen LogP contribution is 2.13. The number of carbonyl (C=O) groups excluding carboxylic acids is 1. The standard InChI is InChI=1S/C9H17F3N2O2/c1-3-8(13,4-2)6-16-7(15)14-5-9(10,11)12/h3-6,13H2,1-2H3,(H,14,15). The molecular weight excluding hydrogens is 225 g/mol. The summed E-state index contributed by atoms with van der Waals surface area (Å²) in [5.41, 5.74) is 5.13. The van der Waals surface area contributed by atoms with Crippen molar-refractivity contribution in [3.63, 3.8) is 0 Å². The fourth-order valence-corrected chi connectivity index (χ4v) is 0.887. The molecule has 0 radical (unpaired) electrons. The van der Waals surface area contributed by atoms with Crippen LogP contribution in [0.25, 0.3) is 0 Å². The van der Waals surface area contributed by atoms with Gasteiger partial charge in [-0.3, -0.25) is 0 Å². The van der Waals surface area contributed by atoms with Crippen molar-refractivity contribution in [3.05, 3.63) is 0 Å². The fourth-order valence-electron chi connectivity index (χ4n) is 0.887. The maximum atomic E-state index is 11.7. The fraction of sp³-hybridized carbons (Fsp3) is 0.889. The molecule has 7 heteroatoms. The topological polar surface area (TPSA) is 64.3 Å². The number of alkyl carbamates (subject to hydrolysis) is 1. The SMILES string of the molecule is CCC(N)(CC)COC(=O)NCC(F)(F)F. The van der Waals surface area contributed by atoms with Gasteiger partial charge in [0.05, 0.1) is 0 Å². The minimum atomic E-state index is -4.44. The van der Waals surface area contributed by atoms with E-state index in [1.165, 1.54) is 0 Å². The number of amides is 1. The lowest BCUT2D eigenvalue weighted by Crippen LogP contribution is -2.45. The number of carbonyl (C=O) groups is 1. The number of nitrogens with one attached hydrogen (secondary N) is 1. The molecule has 0 saturated carbocycles. The number of nitrogens with two attached hydrogens (primary N) is 1. The van der Waals surface area contributed by atoms with E-state index < -0.39 is 24.4 Å². The van der Waals surface area contributed by atoms with Crippen molar-refractivity contribution in [2.45, 2.75) is 38.4 Å². The lowest BCUT2D eigenvalue weighted by molar-refractivity contribution is -0.123. The summed E-state index contributed by atoms with van der Waals surface area (Å²) < 4.78 is 39.8. The molecule has 0 unspecified atom stereocenters. The molecule has 0 rings (SSSR count). The van der Waals surface area contributed by atoms with Gasteiger partial charge in [-0.1, -0.05) is 13.8 Å². The van der Waals surface area contributed by atoms with Gasteiger partial charge in [0, 0.05) is 5.54 Å². The zero-order valence-electron chi connectivity index (χ0n) is 9.36. The van der Waals surface area contributed by atoms with Crippen LogP contribution in [-0.2, 0) is 4.74 Å². The molecule has 0 aromatic heterocycles. The third kappa shape index (κ3) is 6.49. The van der Waals surface area contributed by atoms with Gasteiger partial charge in [-0.25, -0.2) is 4.79 Å². The van der Waals surface area contributed by atoms with E-state index in [0.29, 0.717) is 12.8 Å². The highest BCUT2D eigenvalue weighted by atomic mass is 19.4. The Kier molecular flexibility index (Phi) is 5.57. The lowest BCUT2D eigenvalue weighted by atomic mass is 9.96. The van der Waals surface area contributed by atoms with Gasteiger partial charge < -0.3 is 15.8 Å². The molecule has 96 valence electrons. The van der Waals surface area contributed by atoms with Crippen LogP contribution in [0, 0.1) is 0 Å². The Morgan fingerprint density at radius 1 is 1.31 bits per heavy atom. The Morgan fingerprint density at radius 3 is 2.19 bits per heavy atom. The summed E-state index contributed by atoms with van der Waals surface area (Å²) in [4.78, 5) is 10.9. The van der Waals surface area contributed by atoms with E-state index >= 15 is 0 Å². The quantitative estimate of drug-likeness (QED) is 0.772. The van der Waals surface area contributed by atoms with Crippen molar-refractivity contribution in [1.29, 1.82) is 0 Å². The summed E-state index contributed by atoms with van der Waals surface area (Å²) in [6, 6.07) is 0. The predicted molar refractivity (Wildman–Crippen MR) is 52.9 cm³/mol. The van der Waals surface area contributed by atoms with E-state index in [4.69, 9.17) is 5.73 Å². The first-order valence-corrected chi connectivity index (χ1v) is 4.98. The van der Waals surface area contributed by atoms with E-state index in [9.17, 15) is 18.0 Å². The zero-order valence-corrected chi connectivity index (χ0v) is 9.36. The predicted octanol–water partition coefficient (Wildman–Crippen LogP) is 1.79. The van der Waals surface area contributed by atoms with E-state index in [-0.39, 0.29) is 6.61 Å². The Hall–Kier alpha value is -0.980. The van der Waals surface area contributed by atoms with Crippen LogP contribution in [0.5, 0.6) is 0 Å². The molecule has 0 aromatic rings. The van der Waals surface area contributed by atoms with Gasteiger partial charge in [0.25, 0.3) is 0 Å². The first kappa shape index (κ1) is 15.0. The van der Waals surface area contributed by atoms with E-state index in [0.717, 1.165) is 0 Å². The van der Waals surface area contributed by atoms with Gasteiger partial charge in [-0.2, -0.15) is 13.2 Å².